The van der Waals surface area contributed by atoms with Crippen LogP contribution in [0.25, 0.3) is 0 Å². The third-order valence-electron chi connectivity index (χ3n) is 6.95. The number of aryl methyl sites for hydroxylation is 2. The van der Waals surface area contributed by atoms with Gasteiger partial charge in [-0.3, -0.25) is 14.5 Å². The van der Waals surface area contributed by atoms with Crippen LogP contribution in [-0.4, -0.2) is 65.4 Å². The average Bonchev–Trinajstić information content (AvgIpc) is 3.41. The Bertz CT molecular complexity index is 949. The summed E-state index contributed by atoms with van der Waals surface area (Å²) in [5, 5.41) is 0. The first-order valence-electron chi connectivity index (χ1n) is 11.8. The molecule has 0 atom stereocenters. The van der Waals surface area contributed by atoms with E-state index >= 15 is 0 Å². The minimum atomic E-state index is -0.00309. The van der Waals surface area contributed by atoms with Crippen molar-refractivity contribution in [1.82, 2.24) is 14.4 Å². The zero-order valence-corrected chi connectivity index (χ0v) is 19.6. The van der Waals surface area contributed by atoms with Crippen molar-refractivity contribution in [3.63, 3.8) is 0 Å². The van der Waals surface area contributed by atoms with E-state index in [9.17, 15) is 9.59 Å². The van der Waals surface area contributed by atoms with Gasteiger partial charge in [0.2, 0.25) is 0 Å². The number of aromatic nitrogens is 1. The van der Waals surface area contributed by atoms with E-state index in [0.717, 1.165) is 16.8 Å². The number of hydrogen-bond acceptors (Lipinski definition) is 4. The molecule has 32 heavy (non-hydrogen) atoms. The highest BCUT2D eigenvalue weighted by Gasteiger charge is 2.26. The van der Waals surface area contributed by atoms with Gasteiger partial charge < -0.3 is 14.2 Å². The summed E-state index contributed by atoms with van der Waals surface area (Å²) in [6, 6.07) is 10.3. The van der Waals surface area contributed by atoms with Crippen LogP contribution in [0.1, 0.15) is 59.0 Å². The topological polar surface area (TPSA) is 54.8 Å². The van der Waals surface area contributed by atoms with Crippen LogP contribution < -0.4 is 4.74 Å². The van der Waals surface area contributed by atoms with Gasteiger partial charge in [0.05, 0.1) is 6.54 Å². The Hall–Kier alpha value is -2.60. The molecule has 4 rings (SSSR count). The summed E-state index contributed by atoms with van der Waals surface area (Å²) in [4.78, 5) is 29.6. The van der Waals surface area contributed by atoms with Crippen LogP contribution >= 0.6 is 0 Å². The van der Waals surface area contributed by atoms with Crippen LogP contribution in [0.5, 0.6) is 5.75 Å². The minimum absolute atomic E-state index is 0.00309. The van der Waals surface area contributed by atoms with E-state index in [1.807, 2.05) is 36.1 Å². The highest BCUT2D eigenvalue weighted by molar-refractivity contribution is 5.99. The van der Waals surface area contributed by atoms with Crippen molar-refractivity contribution in [2.24, 2.45) is 0 Å². The lowest BCUT2D eigenvalue weighted by atomic mass is 10.1. The van der Waals surface area contributed by atoms with Crippen LogP contribution in [0.15, 0.2) is 30.3 Å². The number of rotatable bonds is 7. The predicted octanol–water partition coefficient (Wildman–Crippen LogP) is 3.93. The van der Waals surface area contributed by atoms with Crippen molar-refractivity contribution in [2.45, 2.75) is 52.5 Å². The van der Waals surface area contributed by atoms with E-state index in [4.69, 9.17) is 4.74 Å². The lowest BCUT2D eigenvalue weighted by molar-refractivity contribution is -0.135. The van der Waals surface area contributed by atoms with Crippen LogP contribution in [0.4, 0.5) is 0 Å². The molecular weight excluding hydrogens is 402 g/mol. The second kappa shape index (κ2) is 9.90. The number of carbonyl (C=O) groups excluding carboxylic acids is 2. The molecule has 1 aliphatic carbocycles. The summed E-state index contributed by atoms with van der Waals surface area (Å²) >= 11 is 0. The summed E-state index contributed by atoms with van der Waals surface area (Å²) in [6.07, 6.45) is 5.00. The lowest BCUT2D eigenvalue weighted by Crippen LogP contribution is -2.51. The fourth-order valence-corrected chi connectivity index (χ4v) is 5.10. The third-order valence-corrected chi connectivity index (χ3v) is 6.95. The number of ketones is 1. The molecule has 6 nitrogen and oxygen atoms in total. The second-order valence-electron chi connectivity index (χ2n) is 9.27. The van der Waals surface area contributed by atoms with Gasteiger partial charge >= 0.3 is 0 Å². The number of hydrogen-bond donors (Lipinski definition) is 0. The number of carbonyl (C=O) groups is 2. The van der Waals surface area contributed by atoms with Gasteiger partial charge in [-0.1, -0.05) is 30.5 Å². The first-order valence-corrected chi connectivity index (χ1v) is 11.8. The number of amides is 1. The second-order valence-corrected chi connectivity index (χ2v) is 9.27. The van der Waals surface area contributed by atoms with Crippen molar-refractivity contribution in [3.05, 3.63) is 52.8 Å². The molecule has 1 saturated carbocycles. The molecule has 172 valence electrons. The van der Waals surface area contributed by atoms with E-state index in [1.165, 1.54) is 31.4 Å². The first-order chi connectivity index (χ1) is 15.4. The van der Waals surface area contributed by atoms with E-state index in [2.05, 4.69) is 29.4 Å². The number of nitrogens with zero attached hydrogens (tertiary/aromatic N) is 3. The number of piperazine rings is 1. The molecule has 0 radical (unpaired) electrons. The van der Waals surface area contributed by atoms with Gasteiger partial charge in [-0.2, -0.15) is 0 Å². The molecule has 2 aliphatic rings. The van der Waals surface area contributed by atoms with Crippen LogP contribution in [0, 0.1) is 20.8 Å². The van der Waals surface area contributed by atoms with Gasteiger partial charge in [0, 0.05) is 49.2 Å². The Morgan fingerprint density at radius 1 is 0.969 bits per heavy atom. The Balaban J connectivity index is 1.26. The van der Waals surface area contributed by atoms with Gasteiger partial charge in [0.25, 0.3) is 5.91 Å². The molecule has 1 amide bonds. The first kappa shape index (κ1) is 22.6. The van der Waals surface area contributed by atoms with E-state index in [-0.39, 0.29) is 18.3 Å². The zero-order valence-electron chi connectivity index (χ0n) is 19.6. The van der Waals surface area contributed by atoms with Crippen molar-refractivity contribution in [2.75, 3.05) is 39.3 Å². The van der Waals surface area contributed by atoms with Gasteiger partial charge in [-0.25, -0.2) is 0 Å². The Morgan fingerprint density at radius 2 is 1.62 bits per heavy atom. The summed E-state index contributed by atoms with van der Waals surface area (Å²) in [6.45, 7) is 9.37. The number of ether oxygens (including phenoxy) is 1. The monoisotopic (exact) mass is 437 g/mol. The van der Waals surface area contributed by atoms with Crippen molar-refractivity contribution >= 4 is 11.7 Å². The van der Waals surface area contributed by atoms with Crippen LogP contribution in [-0.2, 0) is 4.79 Å². The van der Waals surface area contributed by atoms with Crippen molar-refractivity contribution in [1.29, 1.82) is 0 Å². The smallest absolute Gasteiger partial charge is 0.260 e. The fraction of sp³-hybridized carbons (Fsp3) is 0.538. The molecule has 2 aromatic rings. The molecule has 1 aromatic carbocycles. The summed E-state index contributed by atoms with van der Waals surface area (Å²) in [5.41, 5.74) is 4.33. The maximum absolute atomic E-state index is 13.1. The largest absolute Gasteiger partial charge is 0.484 e. The lowest BCUT2D eigenvalue weighted by Gasteiger charge is -2.34. The maximum Gasteiger partial charge on any atom is 0.260 e. The standard InChI is InChI=1S/C26H35N3O3/c1-19-8-10-23(11-9-19)32-18-26(31)28-14-12-27(13-15-28)17-25(30)24-16-20(2)29(21(24)3)22-6-4-5-7-22/h8-11,16,22H,4-7,12-15,17-18H2,1-3H3. The number of benzene rings is 1. The molecule has 2 heterocycles. The number of Topliss-reactive ketones (excluding diaryl/α,β-unsaturated/α-hetero) is 1. The molecule has 1 saturated heterocycles. The molecule has 2 fully saturated rings. The quantitative estimate of drug-likeness (QED) is 0.616. The van der Waals surface area contributed by atoms with E-state index in [1.54, 1.807) is 0 Å². The molecular formula is C26H35N3O3. The Labute approximate surface area is 191 Å². The fourth-order valence-electron chi connectivity index (χ4n) is 5.10. The Morgan fingerprint density at radius 3 is 2.28 bits per heavy atom. The summed E-state index contributed by atoms with van der Waals surface area (Å²) < 4.78 is 8.01. The minimum Gasteiger partial charge on any atom is -0.484 e. The van der Waals surface area contributed by atoms with Crippen molar-refractivity contribution < 1.29 is 14.3 Å². The normalized spacial score (nSPS) is 17.7. The van der Waals surface area contributed by atoms with Gasteiger partial charge in [0.15, 0.2) is 12.4 Å². The molecule has 0 unspecified atom stereocenters. The summed E-state index contributed by atoms with van der Waals surface area (Å²) in [7, 11) is 0. The zero-order chi connectivity index (χ0) is 22.7. The average molecular weight is 438 g/mol. The third kappa shape index (κ3) is 5.07. The van der Waals surface area contributed by atoms with E-state index < -0.39 is 0 Å². The highest BCUT2D eigenvalue weighted by atomic mass is 16.5. The maximum atomic E-state index is 13.1. The molecule has 0 spiro atoms. The van der Waals surface area contributed by atoms with Crippen LogP contribution in [0.2, 0.25) is 0 Å². The molecule has 0 bridgehead atoms. The SMILES string of the molecule is Cc1ccc(OCC(=O)N2CCN(CC(=O)c3cc(C)n(C4CCCC4)c3C)CC2)cc1. The highest BCUT2D eigenvalue weighted by Crippen LogP contribution is 2.33. The van der Waals surface area contributed by atoms with Crippen molar-refractivity contribution in [3.8, 4) is 5.75 Å². The Kier molecular flexibility index (Phi) is 6.99. The predicted molar refractivity (Wildman–Crippen MR) is 125 cm³/mol. The molecule has 1 aromatic heterocycles. The van der Waals surface area contributed by atoms with E-state index in [0.29, 0.717) is 44.5 Å². The summed E-state index contributed by atoms with van der Waals surface area (Å²) in [5.74, 6) is 0.893. The molecule has 6 heteroatoms. The van der Waals surface area contributed by atoms with Gasteiger partial charge in [-0.05, 0) is 51.8 Å². The molecule has 0 N–H and O–H groups in total. The molecule has 1 aliphatic heterocycles. The van der Waals surface area contributed by atoms with Gasteiger partial charge in [-0.15, -0.1) is 0 Å². The van der Waals surface area contributed by atoms with Crippen LogP contribution in [0.3, 0.4) is 0 Å². The van der Waals surface area contributed by atoms with Gasteiger partial charge in [0.1, 0.15) is 5.75 Å².